The summed E-state index contributed by atoms with van der Waals surface area (Å²) in [6.45, 7) is 9.49. The maximum absolute atomic E-state index is 12.4. The van der Waals surface area contributed by atoms with Gasteiger partial charge >= 0.3 is 0 Å². The number of morpholine rings is 1. The quantitative estimate of drug-likeness (QED) is 0.828. The minimum Gasteiger partial charge on any atom is -0.379 e. The fourth-order valence-electron chi connectivity index (χ4n) is 3.22. The molecule has 1 N–H and O–H groups in total. The molecule has 1 aliphatic rings. The highest BCUT2D eigenvalue weighted by Gasteiger charge is 2.24. The van der Waals surface area contributed by atoms with Crippen LogP contribution in [-0.4, -0.2) is 53.4 Å². The van der Waals surface area contributed by atoms with Gasteiger partial charge in [0.25, 0.3) is 0 Å². The van der Waals surface area contributed by atoms with Crippen molar-refractivity contribution >= 4 is 11.6 Å². The van der Waals surface area contributed by atoms with E-state index in [9.17, 15) is 4.79 Å². The van der Waals surface area contributed by atoms with E-state index in [1.165, 1.54) is 0 Å². The molecule has 26 heavy (non-hydrogen) atoms. The minimum atomic E-state index is -0.211. The lowest BCUT2D eigenvalue weighted by Crippen LogP contribution is -2.38. The number of benzene rings is 1. The molecule has 0 unspecified atom stereocenters. The predicted octanol–water partition coefficient (Wildman–Crippen LogP) is 2.52. The van der Waals surface area contributed by atoms with Gasteiger partial charge in [-0.1, -0.05) is 44.2 Å². The maximum Gasteiger partial charge on any atom is 0.225 e. The monoisotopic (exact) mass is 356 g/mol. The molecule has 140 valence electrons. The van der Waals surface area contributed by atoms with Crippen molar-refractivity contribution in [3.63, 3.8) is 0 Å². The average Bonchev–Trinajstić information content (AvgIpc) is 3.08. The summed E-state index contributed by atoms with van der Waals surface area (Å²) in [5.74, 6) is 0.00609. The average molecular weight is 356 g/mol. The van der Waals surface area contributed by atoms with Crippen LogP contribution in [0.3, 0.4) is 0 Å². The van der Waals surface area contributed by atoms with E-state index < -0.39 is 0 Å². The van der Waals surface area contributed by atoms with Crippen LogP contribution in [0.5, 0.6) is 0 Å². The van der Waals surface area contributed by atoms with Crippen LogP contribution in [0, 0.1) is 0 Å². The molecule has 1 saturated heterocycles. The molecule has 6 heteroatoms. The van der Waals surface area contributed by atoms with Crippen molar-refractivity contribution in [2.24, 2.45) is 0 Å². The Kier molecular flexibility index (Phi) is 6.06. The highest BCUT2D eigenvalue weighted by Crippen LogP contribution is 2.27. The zero-order valence-corrected chi connectivity index (χ0v) is 15.6. The third-order valence-corrected chi connectivity index (χ3v) is 4.82. The fraction of sp³-hybridized carbons (Fsp3) is 0.500. The molecule has 1 fully saturated rings. The van der Waals surface area contributed by atoms with E-state index >= 15 is 0 Å². The first-order valence-corrected chi connectivity index (χ1v) is 9.21. The van der Waals surface area contributed by atoms with E-state index in [0.29, 0.717) is 6.42 Å². The lowest BCUT2D eigenvalue weighted by atomic mass is 9.81. The van der Waals surface area contributed by atoms with Crippen LogP contribution in [0.4, 0.5) is 5.69 Å². The van der Waals surface area contributed by atoms with Gasteiger partial charge < -0.3 is 10.1 Å². The fourth-order valence-corrected chi connectivity index (χ4v) is 3.22. The van der Waals surface area contributed by atoms with Gasteiger partial charge in [-0.05, 0) is 11.0 Å². The molecule has 0 saturated carbocycles. The molecular weight excluding hydrogens is 328 g/mol. The molecule has 3 rings (SSSR count). The van der Waals surface area contributed by atoms with Crippen LogP contribution < -0.4 is 5.32 Å². The molecule has 0 spiro atoms. The first-order chi connectivity index (χ1) is 12.5. The van der Waals surface area contributed by atoms with Gasteiger partial charge in [-0.2, -0.15) is 5.10 Å². The zero-order chi connectivity index (χ0) is 18.4. The molecule has 2 aromatic rings. The second kappa shape index (κ2) is 8.47. The van der Waals surface area contributed by atoms with Gasteiger partial charge in [0.2, 0.25) is 5.91 Å². The number of hydrogen-bond donors (Lipinski definition) is 1. The molecule has 1 amide bonds. The molecular formula is C20H28N4O2. The lowest BCUT2D eigenvalue weighted by molar-refractivity contribution is -0.117. The summed E-state index contributed by atoms with van der Waals surface area (Å²) in [4.78, 5) is 14.8. The summed E-state index contributed by atoms with van der Waals surface area (Å²) < 4.78 is 7.24. The van der Waals surface area contributed by atoms with Crippen LogP contribution in [0.2, 0.25) is 0 Å². The Morgan fingerprint density at radius 2 is 1.92 bits per heavy atom. The number of ether oxygens (including phenoxy) is 1. The number of amides is 1. The second-order valence-electron chi connectivity index (χ2n) is 7.42. The molecule has 0 radical (unpaired) electrons. The van der Waals surface area contributed by atoms with Gasteiger partial charge in [-0.15, -0.1) is 0 Å². The molecule has 0 atom stereocenters. The van der Waals surface area contributed by atoms with Crippen LogP contribution in [0.15, 0.2) is 42.7 Å². The number of hydrogen-bond acceptors (Lipinski definition) is 4. The van der Waals surface area contributed by atoms with E-state index in [-0.39, 0.29) is 11.3 Å². The summed E-state index contributed by atoms with van der Waals surface area (Å²) >= 11 is 0. The van der Waals surface area contributed by atoms with Crippen LogP contribution in [0.25, 0.3) is 0 Å². The molecule has 0 bridgehead atoms. The zero-order valence-electron chi connectivity index (χ0n) is 15.6. The second-order valence-corrected chi connectivity index (χ2v) is 7.42. The Morgan fingerprint density at radius 3 is 2.65 bits per heavy atom. The predicted molar refractivity (Wildman–Crippen MR) is 102 cm³/mol. The van der Waals surface area contributed by atoms with Crippen LogP contribution in [0.1, 0.15) is 25.8 Å². The van der Waals surface area contributed by atoms with Crippen molar-refractivity contribution in [1.29, 1.82) is 0 Å². The van der Waals surface area contributed by atoms with Gasteiger partial charge in [0.15, 0.2) is 0 Å². The Labute approximate surface area is 155 Å². The summed E-state index contributed by atoms with van der Waals surface area (Å²) in [5.41, 5.74) is 1.70. The first kappa shape index (κ1) is 18.6. The summed E-state index contributed by atoms with van der Waals surface area (Å²) in [7, 11) is 0. The van der Waals surface area contributed by atoms with Gasteiger partial charge in [0.1, 0.15) is 0 Å². The molecule has 1 aromatic carbocycles. The van der Waals surface area contributed by atoms with E-state index in [0.717, 1.165) is 50.6 Å². The van der Waals surface area contributed by atoms with Gasteiger partial charge in [0, 0.05) is 32.3 Å². The van der Waals surface area contributed by atoms with E-state index in [2.05, 4.69) is 41.3 Å². The Bertz CT molecular complexity index is 706. The van der Waals surface area contributed by atoms with Gasteiger partial charge in [-0.25, -0.2) is 0 Å². The molecule has 2 heterocycles. The Hall–Kier alpha value is -2.18. The largest absolute Gasteiger partial charge is 0.379 e. The smallest absolute Gasteiger partial charge is 0.225 e. The first-order valence-electron chi connectivity index (χ1n) is 9.21. The summed E-state index contributed by atoms with van der Waals surface area (Å²) in [5, 5.41) is 7.32. The molecule has 6 nitrogen and oxygen atoms in total. The van der Waals surface area contributed by atoms with Crippen molar-refractivity contribution in [3.05, 3.63) is 48.3 Å². The minimum absolute atomic E-state index is 0.00609. The van der Waals surface area contributed by atoms with Crippen LogP contribution >= 0.6 is 0 Å². The summed E-state index contributed by atoms with van der Waals surface area (Å²) in [6.07, 6.45) is 4.04. The van der Waals surface area contributed by atoms with E-state index in [1.54, 1.807) is 6.20 Å². The van der Waals surface area contributed by atoms with Crippen LogP contribution in [-0.2, 0) is 21.5 Å². The lowest BCUT2D eigenvalue weighted by Gasteiger charge is -2.26. The SMILES string of the molecule is CC(C)(CC(=O)Nc1cnn(CCN2CCOCC2)c1)c1ccccc1. The van der Waals surface area contributed by atoms with Crippen molar-refractivity contribution in [2.75, 3.05) is 38.2 Å². The number of rotatable bonds is 7. The molecule has 0 aliphatic carbocycles. The molecule has 1 aromatic heterocycles. The highest BCUT2D eigenvalue weighted by atomic mass is 16.5. The normalized spacial score (nSPS) is 15.8. The number of aromatic nitrogens is 2. The highest BCUT2D eigenvalue weighted by molar-refractivity contribution is 5.91. The number of nitrogens with zero attached hydrogens (tertiary/aromatic N) is 3. The number of carbonyl (C=O) groups is 1. The maximum atomic E-state index is 12.4. The number of nitrogens with one attached hydrogen (secondary N) is 1. The van der Waals surface area contributed by atoms with Gasteiger partial charge in [-0.3, -0.25) is 14.4 Å². The standard InChI is InChI=1S/C20H28N4O2/c1-20(2,17-6-4-3-5-7-17)14-19(25)22-18-15-21-24(16-18)9-8-23-10-12-26-13-11-23/h3-7,15-16H,8-14H2,1-2H3,(H,22,25). The third kappa shape index (κ3) is 5.16. The van der Waals surface area contributed by atoms with E-state index in [4.69, 9.17) is 4.74 Å². The van der Waals surface area contributed by atoms with Crippen molar-refractivity contribution < 1.29 is 9.53 Å². The van der Waals surface area contributed by atoms with Gasteiger partial charge in [0.05, 0.1) is 31.6 Å². The Morgan fingerprint density at radius 1 is 1.19 bits per heavy atom. The van der Waals surface area contributed by atoms with Crippen molar-refractivity contribution in [2.45, 2.75) is 32.2 Å². The number of anilines is 1. The number of carbonyl (C=O) groups excluding carboxylic acids is 1. The van der Waals surface area contributed by atoms with Crippen molar-refractivity contribution in [3.8, 4) is 0 Å². The third-order valence-electron chi connectivity index (χ3n) is 4.82. The van der Waals surface area contributed by atoms with Crippen molar-refractivity contribution in [1.82, 2.24) is 14.7 Å². The Balaban J connectivity index is 1.49. The topological polar surface area (TPSA) is 59.4 Å². The molecule has 1 aliphatic heterocycles. The summed E-state index contributed by atoms with van der Waals surface area (Å²) in [6, 6.07) is 10.1. The van der Waals surface area contributed by atoms with E-state index in [1.807, 2.05) is 29.1 Å².